The number of carbonyl (C=O) groups excluding carboxylic acids is 1. The molecule has 0 fully saturated rings. The monoisotopic (exact) mass is 346 g/mol. The van der Waals surface area contributed by atoms with Gasteiger partial charge in [-0.25, -0.2) is 0 Å². The van der Waals surface area contributed by atoms with Crippen LogP contribution in [0.1, 0.15) is 34.2 Å². The molecule has 4 nitrogen and oxygen atoms in total. The number of hydrogen-bond donors (Lipinski definition) is 1. The Hall–Kier alpha value is -3.01. The minimum absolute atomic E-state index is 0.0993. The first-order chi connectivity index (χ1) is 12.7. The first kappa shape index (κ1) is 16.5. The SMILES string of the molecule is CC1Cc2ccccc2N1Cc1occc1C(=O)NCc1ccccc1. The second kappa shape index (κ2) is 7.08. The summed E-state index contributed by atoms with van der Waals surface area (Å²) >= 11 is 0. The lowest BCUT2D eigenvalue weighted by molar-refractivity contribution is 0.0949. The molecule has 0 saturated heterocycles. The topological polar surface area (TPSA) is 45.5 Å². The van der Waals surface area contributed by atoms with Gasteiger partial charge < -0.3 is 14.6 Å². The molecule has 2 heterocycles. The summed E-state index contributed by atoms with van der Waals surface area (Å²) in [6, 6.07) is 20.5. The lowest BCUT2D eigenvalue weighted by Crippen LogP contribution is -2.30. The van der Waals surface area contributed by atoms with Gasteiger partial charge in [0.2, 0.25) is 0 Å². The van der Waals surface area contributed by atoms with Gasteiger partial charge in [-0.2, -0.15) is 0 Å². The number of para-hydroxylation sites is 1. The summed E-state index contributed by atoms with van der Waals surface area (Å²) in [7, 11) is 0. The van der Waals surface area contributed by atoms with E-state index in [0.717, 1.165) is 12.0 Å². The van der Waals surface area contributed by atoms with Gasteiger partial charge >= 0.3 is 0 Å². The van der Waals surface area contributed by atoms with Gasteiger partial charge in [-0.05, 0) is 36.6 Å². The zero-order valence-corrected chi connectivity index (χ0v) is 14.8. The fourth-order valence-corrected chi connectivity index (χ4v) is 3.56. The third-order valence-electron chi connectivity index (χ3n) is 4.95. The van der Waals surface area contributed by atoms with Gasteiger partial charge in [0.15, 0.2) is 0 Å². The molecule has 132 valence electrons. The highest BCUT2D eigenvalue weighted by Gasteiger charge is 2.27. The molecule has 1 amide bonds. The fourth-order valence-electron chi connectivity index (χ4n) is 3.56. The second-order valence-corrected chi connectivity index (χ2v) is 6.74. The Kier molecular flexibility index (Phi) is 4.48. The van der Waals surface area contributed by atoms with E-state index in [1.165, 1.54) is 11.3 Å². The number of rotatable bonds is 5. The number of nitrogens with zero attached hydrogens (tertiary/aromatic N) is 1. The molecular formula is C22H22N2O2. The molecule has 1 unspecified atom stereocenters. The maximum atomic E-state index is 12.6. The Morgan fingerprint density at radius 1 is 1.12 bits per heavy atom. The van der Waals surface area contributed by atoms with Crippen molar-refractivity contribution < 1.29 is 9.21 Å². The summed E-state index contributed by atoms with van der Waals surface area (Å²) in [5.41, 5.74) is 4.26. The Morgan fingerprint density at radius 2 is 1.88 bits per heavy atom. The predicted molar refractivity (Wildman–Crippen MR) is 102 cm³/mol. The van der Waals surface area contributed by atoms with E-state index in [2.05, 4.69) is 41.4 Å². The first-order valence-electron chi connectivity index (χ1n) is 8.95. The quantitative estimate of drug-likeness (QED) is 0.754. The molecule has 0 bridgehead atoms. The van der Waals surface area contributed by atoms with E-state index in [1.54, 1.807) is 12.3 Å². The summed E-state index contributed by atoms with van der Waals surface area (Å²) in [5, 5.41) is 2.98. The molecule has 4 heteroatoms. The highest BCUT2D eigenvalue weighted by atomic mass is 16.3. The predicted octanol–water partition coefficient (Wildman–Crippen LogP) is 4.16. The lowest BCUT2D eigenvalue weighted by Gasteiger charge is -2.24. The molecule has 3 aromatic rings. The van der Waals surface area contributed by atoms with E-state index in [4.69, 9.17) is 4.42 Å². The molecule has 1 atom stereocenters. The van der Waals surface area contributed by atoms with Crippen molar-refractivity contribution in [1.29, 1.82) is 0 Å². The molecule has 0 aliphatic carbocycles. The fraction of sp³-hybridized carbons (Fsp3) is 0.227. The number of amides is 1. The average Bonchev–Trinajstić information content (AvgIpc) is 3.26. The second-order valence-electron chi connectivity index (χ2n) is 6.74. The highest BCUT2D eigenvalue weighted by Crippen LogP contribution is 2.33. The van der Waals surface area contributed by atoms with Gasteiger partial charge in [-0.3, -0.25) is 4.79 Å². The van der Waals surface area contributed by atoms with Crippen LogP contribution in [0.2, 0.25) is 0 Å². The van der Waals surface area contributed by atoms with Crippen molar-refractivity contribution in [3.05, 3.63) is 89.4 Å². The number of hydrogen-bond acceptors (Lipinski definition) is 3. The minimum Gasteiger partial charge on any atom is -0.467 e. The van der Waals surface area contributed by atoms with Crippen molar-refractivity contribution in [1.82, 2.24) is 5.32 Å². The molecule has 1 aliphatic rings. The van der Waals surface area contributed by atoms with E-state index in [9.17, 15) is 4.79 Å². The van der Waals surface area contributed by atoms with Gasteiger partial charge in [-0.15, -0.1) is 0 Å². The number of benzene rings is 2. The average molecular weight is 346 g/mol. The number of fused-ring (bicyclic) bond motifs is 1. The summed E-state index contributed by atoms with van der Waals surface area (Å²) in [6.45, 7) is 3.31. The third-order valence-corrected chi connectivity index (χ3v) is 4.95. The van der Waals surface area contributed by atoms with Crippen molar-refractivity contribution in [2.45, 2.75) is 32.5 Å². The zero-order chi connectivity index (χ0) is 17.9. The van der Waals surface area contributed by atoms with Crippen LogP contribution in [-0.4, -0.2) is 11.9 Å². The van der Waals surface area contributed by atoms with E-state index in [0.29, 0.717) is 30.5 Å². The van der Waals surface area contributed by atoms with Crippen LogP contribution in [0.3, 0.4) is 0 Å². The minimum atomic E-state index is -0.0993. The number of nitrogens with one attached hydrogen (secondary N) is 1. The Morgan fingerprint density at radius 3 is 2.73 bits per heavy atom. The van der Waals surface area contributed by atoms with Crippen molar-refractivity contribution >= 4 is 11.6 Å². The molecule has 26 heavy (non-hydrogen) atoms. The van der Waals surface area contributed by atoms with Gasteiger partial charge in [0.25, 0.3) is 5.91 Å². The maximum Gasteiger partial charge on any atom is 0.255 e. The van der Waals surface area contributed by atoms with Crippen molar-refractivity contribution in [2.75, 3.05) is 4.90 Å². The van der Waals surface area contributed by atoms with Gasteiger partial charge in [0, 0.05) is 18.3 Å². The maximum absolute atomic E-state index is 12.6. The normalized spacial score (nSPS) is 15.7. The van der Waals surface area contributed by atoms with Crippen LogP contribution in [0.4, 0.5) is 5.69 Å². The standard InChI is InChI=1S/C22H22N2O2/c1-16-13-18-9-5-6-10-20(18)24(16)15-21-19(11-12-26-21)22(25)23-14-17-7-3-2-4-8-17/h2-12,16H,13-15H2,1H3,(H,23,25). The molecule has 2 aromatic carbocycles. The molecule has 1 N–H and O–H groups in total. The van der Waals surface area contributed by atoms with Crippen molar-refractivity contribution in [3.63, 3.8) is 0 Å². The van der Waals surface area contributed by atoms with E-state index < -0.39 is 0 Å². The van der Waals surface area contributed by atoms with Crippen LogP contribution in [0.25, 0.3) is 0 Å². The van der Waals surface area contributed by atoms with Crippen LogP contribution in [0.15, 0.2) is 71.3 Å². The molecule has 1 aromatic heterocycles. The summed E-state index contributed by atoms with van der Waals surface area (Å²) in [6.07, 6.45) is 2.62. The van der Waals surface area contributed by atoms with Crippen molar-refractivity contribution in [2.24, 2.45) is 0 Å². The van der Waals surface area contributed by atoms with Crippen molar-refractivity contribution in [3.8, 4) is 0 Å². The number of carbonyl (C=O) groups is 1. The van der Waals surface area contributed by atoms with Crippen LogP contribution in [0.5, 0.6) is 0 Å². The lowest BCUT2D eigenvalue weighted by atomic mass is 10.1. The van der Waals surface area contributed by atoms with E-state index in [1.807, 2.05) is 30.3 Å². The van der Waals surface area contributed by atoms with E-state index >= 15 is 0 Å². The Balaban J connectivity index is 1.48. The number of anilines is 1. The van der Waals surface area contributed by atoms with Crippen LogP contribution in [-0.2, 0) is 19.5 Å². The molecule has 0 saturated carbocycles. The summed E-state index contributed by atoms with van der Waals surface area (Å²) in [5.74, 6) is 0.608. The molecule has 0 spiro atoms. The largest absolute Gasteiger partial charge is 0.467 e. The van der Waals surface area contributed by atoms with Crippen LogP contribution < -0.4 is 10.2 Å². The van der Waals surface area contributed by atoms with Gasteiger partial charge in [-0.1, -0.05) is 48.5 Å². The first-order valence-corrected chi connectivity index (χ1v) is 8.95. The van der Waals surface area contributed by atoms with Gasteiger partial charge in [0.1, 0.15) is 5.76 Å². The molecular weight excluding hydrogens is 324 g/mol. The zero-order valence-electron chi connectivity index (χ0n) is 14.8. The summed E-state index contributed by atoms with van der Waals surface area (Å²) in [4.78, 5) is 14.9. The highest BCUT2D eigenvalue weighted by molar-refractivity contribution is 5.95. The molecule has 4 rings (SSSR count). The Labute approximate surface area is 153 Å². The summed E-state index contributed by atoms with van der Waals surface area (Å²) < 4.78 is 5.66. The van der Waals surface area contributed by atoms with E-state index in [-0.39, 0.29) is 5.91 Å². The smallest absolute Gasteiger partial charge is 0.255 e. The molecule has 0 radical (unpaired) electrons. The third kappa shape index (κ3) is 3.23. The van der Waals surface area contributed by atoms with Crippen LogP contribution >= 0.6 is 0 Å². The number of furan rings is 1. The Bertz CT molecular complexity index is 901. The van der Waals surface area contributed by atoms with Crippen LogP contribution in [0, 0.1) is 0 Å². The molecule has 1 aliphatic heterocycles. The van der Waals surface area contributed by atoms with Gasteiger partial charge in [0.05, 0.1) is 18.4 Å².